The number of carbonyl (C=O) groups excluding carboxylic acids is 1. The van der Waals surface area contributed by atoms with Crippen molar-refractivity contribution in [3.8, 4) is 5.75 Å². The molecule has 7 nitrogen and oxygen atoms in total. The first-order valence-corrected chi connectivity index (χ1v) is 6.54. The molecular formula is C10H8Br2N4O3. The number of rotatable bonds is 3. The third-order valence-electron chi connectivity index (χ3n) is 2.22. The number of hydrogen-bond donors (Lipinski definition) is 2. The van der Waals surface area contributed by atoms with Gasteiger partial charge in [0.05, 0.1) is 17.3 Å². The normalized spacial score (nSPS) is 10.3. The Morgan fingerprint density at radius 3 is 2.68 bits per heavy atom. The van der Waals surface area contributed by atoms with E-state index in [0.717, 1.165) is 4.47 Å². The SMILES string of the molecule is COc1cc(NC(=O)c2nonc2N)c(Br)cc1Br. The quantitative estimate of drug-likeness (QED) is 0.832. The van der Waals surface area contributed by atoms with E-state index < -0.39 is 5.91 Å². The van der Waals surface area contributed by atoms with E-state index in [1.165, 1.54) is 7.11 Å². The topological polar surface area (TPSA) is 103 Å². The summed E-state index contributed by atoms with van der Waals surface area (Å²) in [5, 5.41) is 9.39. The van der Waals surface area contributed by atoms with Crippen LogP contribution in [0, 0.1) is 0 Å². The van der Waals surface area contributed by atoms with Crippen molar-refractivity contribution in [3.63, 3.8) is 0 Å². The lowest BCUT2D eigenvalue weighted by molar-refractivity contribution is 0.101. The molecule has 0 aliphatic rings. The number of nitrogens with zero attached hydrogens (tertiary/aromatic N) is 2. The van der Waals surface area contributed by atoms with Gasteiger partial charge in [0.15, 0.2) is 0 Å². The fourth-order valence-corrected chi connectivity index (χ4v) is 2.57. The van der Waals surface area contributed by atoms with Crippen molar-refractivity contribution in [2.24, 2.45) is 0 Å². The van der Waals surface area contributed by atoms with Crippen LogP contribution in [0.4, 0.5) is 11.5 Å². The lowest BCUT2D eigenvalue weighted by atomic mass is 10.3. The van der Waals surface area contributed by atoms with Gasteiger partial charge in [-0.05, 0) is 48.2 Å². The van der Waals surface area contributed by atoms with Crippen LogP contribution in [0.2, 0.25) is 0 Å². The minimum atomic E-state index is -0.524. The number of hydrogen-bond acceptors (Lipinski definition) is 6. The average Bonchev–Trinajstić information content (AvgIpc) is 2.79. The van der Waals surface area contributed by atoms with E-state index in [4.69, 9.17) is 10.5 Å². The highest BCUT2D eigenvalue weighted by Crippen LogP contribution is 2.34. The fourth-order valence-electron chi connectivity index (χ4n) is 1.32. The zero-order valence-corrected chi connectivity index (χ0v) is 12.8. The van der Waals surface area contributed by atoms with Gasteiger partial charge in [-0.25, -0.2) is 4.63 Å². The van der Waals surface area contributed by atoms with Crippen LogP contribution in [0.3, 0.4) is 0 Å². The molecule has 0 fully saturated rings. The van der Waals surface area contributed by atoms with E-state index in [1.54, 1.807) is 12.1 Å². The Morgan fingerprint density at radius 2 is 2.11 bits per heavy atom. The number of nitrogens with one attached hydrogen (secondary N) is 1. The lowest BCUT2D eigenvalue weighted by Crippen LogP contribution is -2.14. The largest absolute Gasteiger partial charge is 0.495 e. The standard InChI is InChI=1S/C10H8Br2N4O3/c1-18-7-3-6(4(11)2-5(7)12)14-10(17)8-9(13)16-19-15-8/h2-3H,1H3,(H2,13,16)(H,14,17). The molecule has 0 radical (unpaired) electrons. The number of aromatic nitrogens is 2. The molecule has 0 spiro atoms. The fraction of sp³-hybridized carbons (Fsp3) is 0.100. The first kappa shape index (κ1) is 13.8. The summed E-state index contributed by atoms with van der Waals surface area (Å²) in [6, 6.07) is 3.40. The maximum Gasteiger partial charge on any atom is 0.281 e. The van der Waals surface area contributed by atoms with Crippen LogP contribution in [0.5, 0.6) is 5.75 Å². The van der Waals surface area contributed by atoms with E-state index in [0.29, 0.717) is 15.9 Å². The van der Waals surface area contributed by atoms with Gasteiger partial charge in [-0.15, -0.1) is 0 Å². The summed E-state index contributed by atoms with van der Waals surface area (Å²) in [7, 11) is 1.53. The minimum Gasteiger partial charge on any atom is -0.495 e. The first-order chi connectivity index (χ1) is 9.02. The number of benzene rings is 1. The molecule has 0 aliphatic carbocycles. The van der Waals surface area contributed by atoms with Gasteiger partial charge in [0.1, 0.15) is 5.75 Å². The Hall–Kier alpha value is -1.61. The van der Waals surface area contributed by atoms with E-state index in [-0.39, 0.29) is 11.5 Å². The van der Waals surface area contributed by atoms with Crippen LogP contribution in [-0.4, -0.2) is 23.3 Å². The summed E-state index contributed by atoms with van der Waals surface area (Å²) in [5.41, 5.74) is 5.87. The van der Waals surface area contributed by atoms with Crippen molar-refractivity contribution in [3.05, 3.63) is 26.8 Å². The van der Waals surface area contributed by atoms with Crippen LogP contribution < -0.4 is 15.8 Å². The molecule has 2 aromatic rings. The number of methoxy groups -OCH3 is 1. The van der Waals surface area contributed by atoms with E-state index in [9.17, 15) is 4.79 Å². The Labute approximate surface area is 124 Å². The highest BCUT2D eigenvalue weighted by Gasteiger charge is 2.18. The third-order valence-corrected chi connectivity index (χ3v) is 3.49. The molecule has 100 valence electrons. The van der Waals surface area contributed by atoms with Gasteiger partial charge in [0, 0.05) is 10.5 Å². The number of ether oxygens (including phenoxy) is 1. The molecule has 2 rings (SSSR count). The predicted octanol–water partition coefficient (Wildman–Crippen LogP) is 2.44. The molecule has 1 aromatic carbocycles. The van der Waals surface area contributed by atoms with Crippen molar-refractivity contribution in [1.29, 1.82) is 0 Å². The number of nitrogen functional groups attached to an aromatic ring is 1. The molecule has 0 saturated carbocycles. The molecule has 0 unspecified atom stereocenters. The predicted molar refractivity (Wildman–Crippen MR) is 75.1 cm³/mol. The summed E-state index contributed by atoms with van der Waals surface area (Å²) in [6.45, 7) is 0. The molecule has 0 saturated heterocycles. The minimum absolute atomic E-state index is 0.0716. The van der Waals surface area contributed by atoms with Crippen molar-refractivity contribution in [1.82, 2.24) is 10.3 Å². The number of halogens is 2. The zero-order chi connectivity index (χ0) is 14.0. The van der Waals surface area contributed by atoms with E-state index in [2.05, 4.69) is 52.1 Å². The molecule has 0 bridgehead atoms. The third kappa shape index (κ3) is 2.87. The highest BCUT2D eigenvalue weighted by molar-refractivity contribution is 9.11. The van der Waals surface area contributed by atoms with Crippen LogP contribution in [0.1, 0.15) is 10.5 Å². The van der Waals surface area contributed by atoms with E-state index >= 15 is 0 Å². The van der Waals surface area contributed by atoms with Gasteiger partial charge >= 0.3 is 0 Å². The summed E-state index contributed by atoms with van der Waals surface area (Å²) in [6.07, 6.45) is 0. The van der Waals surface area contributed by atoms with Gasteiger partial charge < -0.3 is 15.8 Å². The summed E-state index contributed by atoms with van der Waals surface area (Å²) in [5.74, 6) is -0.0220. The van der Waals surface area contributed by atoms with Gasteiger partial charge in [-0.3, -0.25) is 4.79 Å². The summed E-state index contributed by atoms with van der Waals surface area (Å²) in [4.78, 5) is 11.9. The monoisotopic (exact) mass is 390 g/mol. The smallest absolute Gasteiger partial charge is 0.281 e. The van der Waals surface area contributed by atoms with Crippen LogP contribution in [0.15, 0.2) is 25.7 Å². The number of nitrogens with two attached hydrogens (primary N) is 1. The van der Waals surface area contributed by atoms with Gasteiger partial charge in [-0.2, -0.15) is 0 Å². The summed E-state index contributed by atoms with van der Waals surface area (Å²) >= 11 is 6.66. The average molecular weight is 392 g/mol. The van der Waals surface area contributed by atoms with Crippen molar-refractivity contribution in [2.45, 2.75) is 0 Å². The van der Waals surface area contributed by atoms with Crippen molar-refractivity contribution < 1.29 is 14.2 Å². The molecule has 19 heavy (non-hydrogen) atoms. The van der Waals surface area contributed by atoms with Crippen molar-refractivity contribution in [2.75, 3.05) is 18.2 Å². The number of carbonyl (C=O) groups is 1. The molecular weight excluding hydrogens is 384 g/mol. The maximum atomic E-state index is 11.9. The second-order valence-electron chi connectivity index (χ2n) is 3.42. The Balaban J connectivity index is 2.29. The van der Waals surface area contributed by atoms with Gasteiger partial charge in [0.25, 0.3) is 5.91 Å². The molecule has 0 aliphatic heterocycles. The van der Waals surface area contributed by atoms with Crippen molar-refractivity contribution >= 4 is 49.3 Å². The second-order valence-corrected chi connectivity index (χ2v) is 5.13. The van der Waals surface area contributed by atoms with Gasteiger partial charge in [-0.1, -0.05) is 0 Å². The number of anilines is 2. The maximum absolute atomic E-state index is 11.9. The van der Waals surface area contributed by atoms with Crippen LogP contribution in [0.25, 0.3) is 0 Å². The molecule has 1 aromatic heterocycles. The first-order valence-electron chi connectivity index (χ1n) is 4.95. The van der Waals surface area contributed by atoms with E-state index in [1.807, 2.05) is 0 Å². The molecule has 9 heteroatoms. The molecule has 1 heterocycles. The summed E-state index contributed by atoms with van der Waals surface area (Å²) < 4.78 is 10.9. The van der Waals surface area contributed by atoms with Crippen LogP contribution >= 0.6 is 31.9 Å². The Bertz CT molecular complexity index is 629. The molecule has 0 atom stereocenters. The zero-order valence-electron chi connectivity index (χ0n) is 9.61. The Morgan fingerprint density at radius 1 is 1.37 bits per heavy atom. The Kier molecular flexibility index (Phi) is 4.05. The number of amides is 1. The highest BCUT2D eigenvalue weighted by atomic mass is 79.9. The molecule has 1 amide bonds. The van der Waals surface area contributed by atoms with Gasteiger partial charge in [0.2, 0.25) is 11.5 Å². The second kappa shape index (κ2) is 5.57. The lowest BCUT2D eigenvalue weighted by Gasteiger charge is -2.10. The van der Waals surface area contributed by atoms with Crippen LogP contribution in [-0.2, 0) is 0 Å². The molecule has 3 N–H and O–H groups in total.